The van der Waals surface area contributed by atoms with Gasteiger partial charge in [-0.15, -0.1) is 0 Å². The highest BCUT2D eigenvalue weighted by molar-refractivity contribution is 5.93. The van der Waals surface area contributed by atoms with Crippen molar-refractivity contribution in [1.29, 1.82) is 5.26 Å². The van der Waals surface area contributed by atoms with Gasteiger partial charge in [-0.05, 0) is 30.7 Å². The second kappa shape index (κ2) is 9.60. The fourth-order valence-electron chi connectivity index (χ4n) is 2.58. The maximum atomic E-state index is 12.0. The first-order valence-electron chi connectivity index (χ1n) is 8.47. The van der Waals surface area contributed by atoms with E-state index in [1.165, 1.54) is 0 Å². The first-order chi connectivity index (χ1) is 12.1. The molecular formula is C19H23N3O3. The third kappa shape index (κ3) is 6.05. The summed E-state index contributed by atoms with van der Waals surface area (Å²) in [6.45, 7) is 5.65. The summed E-state index contributed by atoms with van der Waals surface area (Å²) in [5.74, 6) is 0.0668. The van der Waals surface area contributed by atoms with Gasteiger partial charge >= 0.3 is 6.09 Å². The Hall–Kier alpha value is -2.65. The fraction of sp³-hybridized carbons (Fsp3) is 0.421. The van der Waals surface area contributed by atoms with Crippen LogP contribution in [0.15, 0.2) is 30.3 Å². The maximum Gasteiger partial charge on any atom is 0.409 e. The molecule has 6 nitrogen and oxygen atoms in total. The number of amides is 1. The number of allylic oxidation sites excluding steroid dienone is 1. The van der Waals surface area contributed by atoms with Crippen molar-refractivity contribution in [3.8, 4) is 6.07 Å². The molecule has 0 radical (unpaired) electrons. The zero-order valence-electron chi connectivity index (χ0n) is 14.5. The smallest absolute Gasteiger partial charge is 0.409 e. The van der Waals surface area contributed by atoms with E-state index in [0.717, 1.165) is 18.7 Å². The van der Waals surface area contributed by atoms with Crippen LogP contribution >= 0.6 is 0 Å². The standard InChI is InChI=1S/C19H23N3O3/c1-2-25-19(24)22-13-11-21(12-14-22)10-9-18(23)8-7-16-3-5-17(15-20)6-4-16/h3-8H,2,9-14H2,1H3. The summed E-state index contributed by atoms with van der Waals surface area (Å²) in [4.78, 5) is 27.5. The van der Waals surface area contributed by atoms with Crippen molar-refractivity contribution >= 4 is 18.0 Å². The quantitative estimate of drug-likeness (QED) is 0.742. The molecule has 2 rings (SSSR count). The predicted molar refractivity (Wildman–Crippen MR) is 94.9 cm³/mol. The minimum Gasteiger partial charge on any atom is -0.450 e. The van der Waals surface area contributed by atoms with E-state index in [1.54, 1.807) is 36.1 Å². The molecule has 1 aliphatic heterocycles. The number of rotatable bonds is 6. The molecule has 0 saturated carbocycles. The topological polar surface area (TPSA) is 73.6 Å². The molecule has 1 amide bonds. The average molecular weight is 341 g/mol. The lowest BCUT2D eigenvalue weighted by molar-refractivity contribution is -0.115. The fourth-order valence-corrected chi connectivity index (χ4v) is 2.58. The molecule has 0 bridgehead atoms. The molecule has 6 heteroatoms. The Morgan fingerprint density at radius 3 is 2.48 bits per heavy atom. The van der Waals surface area contributed by atoms with Crippen LogP contribution in [0.5, 0.6) is 0 Å². The van der Waals surface area contributed by atoms with E-state index in [-0.39, 0.29) is 11.9 Å². The molecule has 1 fully saturated rings. The molecule has 0 spiro atoms. The van der Waals surface area contributed by atoms with Crippen LogP contribution in [-0.4, -0.2) is 61.0 Å². The summed E-state index contributed by atoms with van der Waals surface area (Å²) >= 11 is 0. The molecule has 25 heavy (non-hydrogen) atoms. The van der Waals surface area contributed by atoms with Crippen LogP contribution in [-0.2, 0) is 9.53 Å². The van der Waals surface area contributed by atoms with Crippen molar-refractivity contribution < 1.29 is 14.3 Å². The van der Waals surface area contributed by atoms with Crippen molar-refractivity contribution in [2.45, 2.75) is 13.3 Å². The van der Waals surface area contributed by atoms with Crippen LogP contribution < -0.4 is 0 Å². The van der Waals surface area contributed by atoms with Gasteiger partial charge in [-0.25, -0.2) is 4.79 Å². The minimum atomic E-state index is -0.261. The Morgan fingerprint density at radius 1 is 1.20 bits per heavy atom. The Balaban J connectivity index is 1.71. The van der Waals surface area contributed by atoms with E-state index < -0.39 is 0 Å². The maximum absolute atomic E-state index is 12.0. The number of benzene rings is 1. The number of piperazine rings is 1. The van der Waals surface area contributed by atoms with Crippen LogP contribution in [0.4, 0.5) is 4.79 Å². The van der Waals surface area contributed by atoms with Crippen LogP contribution in [0.1, 0.15) is 24.5 Å². The molecule has 1 heterocycles. The summed E-state index contributed by atoms with van der Waals surface area (Å²) in [6, 6.07) is 9.16. The number of ketones is 1. The molecule has 1 aromatic rings. The largest absolute Gasteiger partial charge is 0.450 e. The number of hydrogen-bond acceptors (Lipinski definition) is 5. The van der Waals surface area contributed by atoms with E-state index in [2.05, 4.69) is 11.0 Å². The second-order valence-electron chi connectivity index (χ2n) is 5.81. The monoisotopic (exact) mass is 341 g/mol. The van der Waals surface area contributed by atoms with Gasteiger partial charge < -0.3 is 9.64 Å². The molecule has 132 valence electrons. The summed E-state index contributed by atoms with van der Waals surface area (Å²) in [7, 11) is 0. The molecule has 1 aliphatic rings. The van der Waals surface area contributed by atoms with Crippen LogP contribution in [0.2, 0.25) is 0 Å². The van der Waals surface area contributed by atoms with E-state index in [4.69, 9.17) is 10.00 Å². The van der Waals surface area contributed by atoms with Crippen molar-refractivity contribution in [1.82, 2.24) is 9.80 Å². The van der Waals surface area contributed by atoms with Gasteiger partial charge in [-0.1, -0.05) is 18.2 Å². The Bertz CT molecular complexity index is 653. The first-order valence-corrected chi connectivity index (χ1v) is 8.47. The molecule has 1 aromatic carbocycles. The van der Waals surface area contributed by atoms with Gasteiger partial charge in [0.25, 0.3) is 0 Å². The lowest BCUT2D eigenvalue weighted by Gasteiger charge is -2.33. The summed E-state index contributed by atoms with van der Waals surface area (Å²) in [6.07, 6.45) is 3.54. The van der Waals surface area contributed by atoms with Crippen molar-refractivity contribution in [3.63, 3.8) is 0 Å². The van der Waals surface area contributed by atoms with Gasteiger partial charge in [0.05, 0.1) is 18.2 Å². The lowest BCUT2D eigenvalue weighted by Crippen LogP contribution is -2.49. The van der Waals surface area contributed by atoms with Gasteiger partial charge in [0.1, 0.15) is 0 Å². The third-order valence-corrected chi connectivity index (χ3v) is 4.07. The molecule has 0 aromatic heterocycles. The molecule has 0 atom stereocenters. The average Bonchev–Trinajstić information content (AvgIpc) is 2.65. The van der Waals surface area contributed by atoms with Crippen LogP contribution in [0, 0.1) is 11.3 Å². The highest BCUT2D eigenvalue weighted by Crippen LogP contribution is 2.07. The summed E-state index contributed by atoms with van der Waals surface area (Å²) in [5, 5.41) is 8.76. The van der Waals surface area contributed by atoms with Crippen LogP contribution in [0.3, 0.4) is 0 Å². The predicted octanol–water partition coefficient (Wildman–Crippen LogP) is 2.30. The van der Waals surface area contributed by atoms with Crippen molar-refractivity contribution in [2.75, 3.05) is 39.3 Å². The molecule has 0 aliphatic carbocycles. The molecule has 1 saturated heterocycles. The van der Waals surface area contributed by atoms with Crippen LogP contribution in [0.25, 0.3) is 6.08 Å². The van der Waals surface area contributed by atoms with Crippen molar-refractivity contribution in [2.24, 2.45) is 0 Å². The van der Waals surface area contributed by atoms with E-state index in [0.29, 0.717) is 38.2 Å². The van der Waals surface area contributed by atoms with E-state index in [1.807, 2.05) is 12.1 Å². The Morgan fingerprint density at radius 2 is 1.88 bits per heavy atom. The van der Waals surface area contributed by atoms with Gasteiger partial charge in [-0.3, -0.25) is 9.69 Å². The molecular weight excluding hydrogens is 318 g/mol. The number of hydrogen-bond donors (Lipinski definition) is 0. The lowest BCUT2D eigenvalue weighted by atomic mass is 10.1. The van der Waals surface area contributed by atoms with Gasteiger partial charge in [-0.2, -0.15) is 5.26 Å². The summed E-state index contributed by atoms with van der Waals surface area (Å²) < 4.78 is 4.99. The number of nitriles is 1. The zero-order valence-corrected chi connectivity index (χ0v) is 14.5. The third-order valence-electron chi connectivity index (χ3n) is 4.07. The number of carbonyl (C=O) groups is 2. The molecule has 0 unspecified atom stereocenters. The van der Waals surface area contributed by atoms with Crippen molar-refractivity contribution in [3.05, 3.63) is 41.5 Å². The summed E-state index contributed by atoms with van der Waals surface area (Å²) in [5.41, 5.74) is 1.50. The number of carbonyl (C=O) groups excluding carboxylic acids is 2. The minimum absolute atomic E-state index is 0.0668. The highest BCUT2D eigenvalue weighted by Gasteiger charge is 2.21. The van der Waals surface area contributed by atoms with Gasteiger partial charge in [0, 0.05) is 39.1 Å². The highest BCUT2D eigenvalue weighted by atomic mass is 16.6. The number of ether oxygens (including phenoxy) is 1. The first kappa shape index (κ1) is 18.7. The number of nitrogens with zero attached hydrogens (tertiary/aromatic N) is 3. The van der Waals surface area contributed by atoms with E-state index >= 15 is 0 Å². The molecule has 0 N–H and O–H groups in total. The van der Waals surface area contributed by atoms with E-state index in [9.17, 15) is 9.59 Å². The SMILES string of the molecule is CCOC(=O)N1CCN(CCC(=O)C=Cc2ccc(C#N)cc2)CC1. The Kier molecular flexibility index (Phi) is 7.17. The second-order valence-corrected chi connectivity index (χ2v) is 5.81. The Labute approximate surface area is 148 Å². The van der Waals surface area contributed by atoms with Gasteiger partial charge in [0.2, 0.25) is 0 Å². The van der Waals surface area contributed by atoms with Gasteiger partial charge in [0.15, 0.2) is 5.78 Å². The zero-order chi connectivity index (χ0) is 18.1. The normalized spacial score (nSPS) is 15.1.